The largest absolute Gasteiger partial charge is 0.481 e. The van der Waals surface area contributed by atoms with Gasteiger partial charge in [-0.1, -0.05) is 18.2 Å². The molecule has 1 aromatic heterocycles. The summed E-state index contributed by atoms with van der Waals surface area (Å²) < 4.78 is 5.22. The number of nitrogens with zero attached hydrogens (tertiary/aromatic N) is 4. The second kappa shape index (κ2) is 6.11. The van der Waals surface area contributed by atoms with Crippen LogP contribution in [0.3, 0.4) is 0 Å². The standard InChI is InChI=1S/C18H20N4O2/c1-24-17-11-16(19-12-20-17)21-10-9-15-14(21)7-8-18(23)22(15)13-5-3-2-4-6-13/h2-6,11-12,14-15H,7-10H2,1H3/t14-,15-/m0/s1. The van der Waals surface area contributed by atoms with Gasteiger partial charge in [-0.3, -0.25) is 4.79 Å². The maximum absolute atomic E-state index is 12.5. The summed E-state index contributed by atoms with van der Waals surface area (Å²) in [5.74, 6) is 1.65. The fourth-order valence-electron chi connectivity index (χ4n) is 3.87. The van der Waals surface area contributed by atoms with E-state index >= 15 is 0 Å². The van der Waals surface area contributed by atoms with Gasteiger partial charge < -0.3 is 14.5 Å². The van der Waals surface area contributed by atoms with Gasteiger partial charge in [-0.05, 0) is 25.0 Å². The van der Waals surface area contributed by atoms with E-state index in [9.17, 15) is 4.79 Å². The van der Waals surface area contributed by atoms with Crippen LogP contribution in [0.1, 0.15) is 19.3 Å². The summed E-state index contributed by atoms with van der Waals surface area (Å²) >= 11 is 0. The highest BCUT2D eigenvalue weighted by Gasteiger charge is 2.44. The number of anilines is 2. The number of methoxy groups -OCH3 is 1. The van der Waals surface area contributed by atoms with Crippen molar-refractivity contribution in [3.8, 4) is 5.88 Å². The first-order chi connectivity index (χ1) is 11.8. The first-order valence-electron chi connectivity index (χ1n) is 8.27. The van der Waals surface area contributed by atoms with Gasteiger partial charge in [-0.2, -0.15) is 0 Å². The van der Waals surface area contributed by atoms with Gasteiger partial charge in [0.1, 0.15) is 12.1 Å². The number of hydrogen-bond acceptors (Lipinski definition) is 5. The number of carbonyl (C=O) groups is 1. The predicted octanol–water partition coefficient (Wildman–Crippen LogP) is 2.26. The lowest BCUT2D eigenvalue weighted by Crippen LogP contribution is -2.52. The van der Waals surface area contributed by atoms with Crippen LogP contribution in [0.2, 0.25) is 0 Å². The maximum atomic E-state index is 12.5. The summed E-state index contributed by atoms with van der Waals surface area (Å²) in [4.78, 5) is 25.3. The molecule has 2 fully saturated rings. The van der Waals surface area contributed by atoms with Crippen molar-refractivity contribution in [3.05, 3.63) is 42.7 Å². The Labute approximate surface area is 141 Å². The number of aromatic nitrogens is 2. The molecule has 2 aliphatic rings. The zero-order valence-electron chi connectivity index (χ0n) is 13.6. The maximum Gasteiger partial charge on any atom is 0.227 e. The number of amides is 1. The number of piperidine rings is 1. The summed E-state index contributed by atoms with van der Waals surface area (Å²) in [6.45, 7) is 0.881. The zero-order valence-corrected chi connectivity index (χ0v) is 13.6. The van der Waals surface area contributed by atoms with Crippen molar-refractivity contribution in [2.75, 3.05) is 23.5 Å². The van der Waals surface area contributed by atoms with Crippen LogP contribution in [0.25, 0.3) is 0 Å². The van der Waals surface area contributed by atoms with Crippen molar-refractivity contribution >= 4 is 17.4 Å². The van der Waals surface area contributed by atoms with E-state index in [1.165, 1.54) is 6.33 Å². The van der Waals surface area contributed by atoms with E-state index < -0.39 is 0 Å². The Balaban J connectivity index is 1.64. The number of rotatable bonds is 3. The number of para-hydroxylation sites is 1. The van der Waals surface area contributed by atoms with E-state index in [1.54, 1.807) is 7.11 Å². The number of ether oxygens (including phenoxy) is 1. The van der Waals surface area contributed by atoms with Gasteiger partial charge in [0, 0.05) is 24.7 Å². The Morgan fingerprint density at radius 2 is 1.96 bits per heavy atom. The smallest absolute Gasteiger partial charge is 0.227 e. The third-order valence-corrected chi connectivity index (χ3v) is 4.93. The van der Waals surface area contributed by atoms with Crippen molar-refractivity contribution in [1.29, 1.82) is 0 Å². The summed E-state index contributed by atoms with van der Waals surface area (Å²) in [6.07, 6.45) is 3.90. The summed E-state index contributed by atoms with van der Waals surface area (Å²) in [6, 6.07) is 12.3. The molecule has 2 saturated heterocycles. The summed E-state index contributed by atoms with van der Waals surface area (Å²) in [5.41, 5.74) is 0.985. The minimum absolute atomic E-state index is 0.189. The third kappa shape index (κ3) is 2.48. The molecule has 0 N–H and O–H groups in total. The number of benzene rings is 1. The molecule has 0 saturated carbocycles. The molecule has 24 heavy (non-hydrogen) atoms. The van der Waals surface area contributed by atoms with Crippen LogP contribution >= 0.6 is 0 Å². The molecule has 3 heterocycles. The van der Waals surface area contributed by atoms with Gasteiger partial charge in [0.2, 0.25) is 11.8 Å². The van der Waals surface area contributed by atoms with E-state index in [-0.39, 0.29) is 18.0 Å². The normalized spacial score (nSPS) is 23.3. The highest BCUT2D eigenvalue weighted by Crippen LogP contribution is 2.36. The fraction of sp³-hybridized carbons (Fsp3) is 0.389. The molecule has 4 rings (SSSR count). The molecule has 0 unspecified atom stereocenters. The molecule has 0 aliphatic carbocycles. The lowest BCUT2D eigenvalue weighted by Gasteiger charge is -2.40. The Bertz CT molecular complexity index is 737. The van der Waals surface area contributed by atoms with Crippen LogP contribution in [0.5, 0.6) is 5.88 Å². The molecule has 0 radical (unpaired) electrons. The quantitative estimate of drug-likeness (QED) is 0.867. The average molecular weight is 324 g/mol. The predicted molar refractivity (Wildman–Crippen MR) is 91.3 cm³/mol. The highest BCUT2D eigenvalue weighted by atomic mass is 16.5. The van der Waals surface area contributed by atoms with Gasteiger partial charge in [-0.15, -0.1) is 0 Å². The van der Waals surface area contributed by atoms with Crippen LogP contribution in [-0.4, -0.2) is 41.6 Å². The third-order valence-electron chi connectivity index (χ3n) is 4.93. The average Bonchev–Trinajstić information content (AvgIpc) is 3.06. The summed E-state index contributed by atoms with van der Waals surface area (Å²) in [7, 11) is 1.61. The molecule has 2 atom stereocenters. The Morgan fingerprint density at radius 1 is 1.12 bits per heavy atom. The minimum Gasteiger partial charge on any atom is -0.481 e. The van der Waals surface area contributed by atoms with Gasteiger partial charge in [0.05, 0.1) is 19.2 Å². The molecule has 2 aliphatic heterocycles. The SMILES string of the molecule is COc1cc(N2CC[C@H]3[C@@H]2CCC(=O)N3c2ccccc2)ncn1. The zero-order chi connectivity index (χ0) is 16.5. The topological polar surface area (TPSA) is 58.6 Å². The molecular weight excluding hydrogens is 304 g/mol. The first-order valence-corrected chi connectivity index (χ1v) is 8.27. The van der Waals surface area contributed by atoms with Crippen LogP contribution in [0.4, 0.5) is 11.5 Å². The highest BCUT2D eigenvalue weighted by molar-refractivity contribution is 5.95. The lowest BCUT2D eigenvalue weighted by atomic mass is 9.95. The van der Waals surface area contributed by atoms with Gasteiger partial charge in [0.15, 0.2) is 0 Å². The monoisotopic (exact) mass is 324 g/mol. The van der Waals surface area contributed by atoms with Crippen LogP contribution < -0.4 is 14.5 Å². The number of carbonyl (C=O) groups excluding carboxylic acids is 1. The number of hydrogen-bond donors (Lipinski definition) is 0. The Kier molecular flexibility index (Phi) is 3.80. The Hall–Kier alpha value is -2.63. The van der Waals surface area contributed by atoms with Crippen LogP contribution in [-0.2, 0) is 4.79 Å². The van der Waals surface area contributed by atoms with Crippen molar-refractivity contribution in [1.82, 2.24) is 9.97 Å². The molecule has 1 aromatic carbocycles. The molecule has 0 spiro atoms. The molecular formula is C18H20N4O2. The van der Waals surface area contributed by atoms with Gasteiger partial charge >= 0.3 is 0 Å². The van der Waals surface area contributed by atoms with E-state index in [2.05, 4.69) is 14.9 Å². The van der Waals surface area contributed by atoms with E-state index in [0.717, 1.165) is 30.9 Å². The van der Waals surface area contributed by atoms with Crippen LogP contribution in [0.15, 0.2) is 42.7 Å². The minimum atomic E-state index is 0.189. The second-order valence-corrected chi connectivity index (χ2v) is 6.17. The van der Waals surface area contributed by atoms with Crippen molar-refractivity contribution < 1.29 is 9.53 Å². The molecule has 124 valence electrons. The van der Waals surface area contributed by atoms with Crippen molar-refractivity contribution in [2.45, 2.75) is 31.3 Å². The fourth-order valence-corrected chi connectivity index (χ4v) is 3.87. The van der Waals surface area contributed by atoms with E-state index in [0.29, 0.717) is 12.3 Å². The van der Waals surface area contributed by atoms with E-state index in [1.807, 2.05) is 41.3 Å². The lowest BCUT2D eigenvalue weighted by molar-refractivity contribution is -0.120. The molecule has 1 amide bonds. The van der Waals surface area contributed by atoms with Crippen molar-refractivity contribution in [3.63, 3.8) is 0 Å². The second-order valence-electron chi connectivity index (χ2n) is 6.17. The van der Waals surface area contributed by atoms with Crippen LogP contribution in [0, 0.1) is 0 Å². The summed E-state index contributed by atoms with van der Waals surface area (Å²) in [5, 5.41) is 0. The molecule has 2 aromatic rings. The molecule has 6 nitrogen and oxygen atoms in total. The van der Waals surface area contributed by atoms with Gasteiger partial charge in [-0.25, -0.2) is 9.97 Å². The first kappa shape index (κ1) is 14.9. The molecule has 6 heteroatoms. The number of fused-ring (bicyclic) bond motifs is 1. The Morgan fingerprint density at radius 3 is 2.75 bits per heavy atom. The molecule has 0 bridgehead atoms. The van der Waals surface area contributed by atoms with Crippen molar-refractivity contribution in [2.24, 2.45) is 0 Å². The van der Waals surface area contributed by atoms with E-state index in [4.69, 9.17) is 4.74 Å². The van der Waals surface area contributed by atoms with Gasteiger partial charge in [0.25, 0.3) is 0 Å².